The Morgan fingerprint density at radius 3 is 2.42 bits per heavy atom. The van der Waals surface area contributed by atoms with E-state index in [9.17, 15) is 4.79 Å². The highest BCUT2D eigenvalue weighted by Gasteiger charge is 2.14. The van der Waals surface area contributed by atoms with E-state index in [1.54, 1.807) is 0 Å². The largest absolute Gasteiger partial charge is 0.396 e. The average Bonchev–Trinajstić information content (AvgIpc) is 2.44. The lowest BCUT2D eigenvalue weighted by Gasteiger charge is -2.20. The Labute approximate surface area is 116 Å². The molecule has 2 N–H and O–H groups in total. The number of amides is 1. The van der Waals surface area contributed by atoms with Crippen molar-refractivity contribution >= 4 is 5.91 Å². The van der Waals surface area contributed by atoms with E-state index in [1.807, 2.05) is 32.0 Å². The van der Waals surface area contributed by atoms with Crippen LogP contribution in [-0.2, 0) is 4.79 Å². The van der Waals surface area contributed by atoms with E-state index in [4.69, 9.17) is 5.11 Å². The average molecular weight is 263 g/mol. The molecule has 3 heteroatoms. The van der Waals surface area contributed by atoms with E-state index in [1.165, 1.54) is 5.56 Å². The quantitative estimate of drug-likeness (QED) is 0.794. The number of hydrogen-bond acceptors (Lipinski definition) is 2. The van der Waals surface area contributed by atoms with Crippen LogP contribution in [0.1, 0.15) is 45.1 Å². The Balaban J connectivity index is 2.34. The first-order chi connectivity index (χ1) is 9.04. The topological polar surface area (TPSA) is 49.3 Å². The lowest BCUT2D eigenvalue weighted by Crippen LogP contribution is -2.38. The second kappa shape index (κ2) is 7.95. The van der Waals surface area contributed by atoms with Crippen LogP contribution in [0.5, 0.6) is 0 Å². The minimum absolute atomic E-state index is 0.0181. The second-order valence-electron chi connectivity index (χ2n) is 5.37. The summed E-state index contributed by atoms with van der Waals surface area (Å²) >= 11 is 0. The van der Waals surface area contributed by atoms with Crippen molar-refractivity contribution in [3.05, 3.63) is 35.9 Å². The molecule has 0 aliphatic carbocycles. The van der Waals surface area contributed by atoms with Crippen molar-refractivity contribution in [2.45, 2.75) is 45.6 Å². The molecule has 0 aliphatic heterocycles. The molecule has 0 bridgehead atoms. The van der Waals surface area contributed by atoms with Crippen LogP contribution in [0.15, 0.2) is 30.3 Å². The minimum atomic E-state index is 0.0181. The zero-order chi connectivity index (χ0) is 14.3. The summed E-state index contributed by atoms with van der Waals surface area (Å²) in [6, 6.07) is 10.3. The summed E-state index contributed by atoms with van der Waals surface area (Å²) in [4.78, 5) is 11.8. The van der Waals surface area contributed by atoms with Crippen molar-refractivity contribution in [1.82, 2.24) is 5.32 Å². The maximum atomic E-state index is 11.8. The van der Waals surface area contributed by atoms with Crippen LogP contribution in [0.3, 0.4) is 0 Å². The van der Waals surface area contributed by atoms with Gasteiger partial charge >= 0.3 is 0 Å². The highest BCUT2D eigenvalue weighted by Crippen LogP contribution is 2.19. The van der Waals surface area contributed by atoms with Crippen LogP contribution in [0.4, 0.5) is 0 Å². The van der Waals surface area contributed by atoms with Crippen molar-refractivity contribution in [2.75, 3.05) is 6.61 Å². The van der Waals surface area contributed by atoms with Gasteiger partial charge in [0.2, 0.25) is 5.91 Å². The zero-order valence-electron chi connectivity index (χ0n) is 12.1. The summed E-state index contributed by atoms with van der Waals surface area (Å²) in [7, 11) is 0. The molecule has 19 heavy (non-hydrogen) atoms. The van der Waals surface area contributed by atoms with Gasteiger partial charge in [0, 0.05) is 19.1 Å². The third-order valence-electron chi connectivity index (χ3n) is 3.70. The highest BCUT2D eigenvalue weighted by atomic mass is 16.3. The fourth-order valence-corrected chi connectivity index (χ4v) is 1.92. The summed E-state index contributed by atoms with van der Waals surface area (Å²) in [6.07, 6.45) is 1.37. The highest BCUT2D eigenvalue weighted by molar-refractivity contribution is 5.76. The molecule has 3 atom stereocenters. The van der Waals surface area contributed by atoms with Gasteiger partial charge in [-0.05, 0) is 30.7 Å². The summed E-state index contributed by atoms with van der Waals surface area (Å²) in [6.45, 7) is 6.10. The summed E-state index contributed by atoms with van der Waals surface area (Å²) in [5.41, 5.74) is 1.27. The Morgan fingerprint density at radius 1 is 1.21 bits per heavy atom. The number of aliphatic hydroxyl groups is 1. The van der Waals surface area contributed by atoms with Gasteiger partial charge in [-0.2, -0.15) is 0 Å². The smallest absolute Gasteiger partial charge is 0.220 e. The maximum Gasteiger partial charge on any atom is 0.220 e. The predicted octanol–water partition coefficient (Wildman–Crippen LogP) is 2.70. The van der Waals surface area contributed by atoms with Crippen molar-refractivity contribution in [3.63, 3.8) is 0 Å². The number of aliphatic hydroxyl groups excluding tert-OH is 1. The second-order valence-corrected chi connectivity index (χ2v) is 5.37. The molecule has 0 radical (unpaired) electrons. The zero-order valence-corrected chi connectivity index (χ0v) is 12.1. The Kier molecular flexibility index (Phi) is 6.57. The molecular formula is C16H25NO2. The number of carbonyl (C=O) groups is 1. The Morgan fingerprint density at radius 2 is 1.84 bits per heavy atom. The fourth-order valence-electron chi connectivity index (χ4n) is 1.92. The molecule has 1 rings (SSSR count). The Hall–Kier alpha value is -1.35. The lowest BCUT2D eigenvalue weighted by atomic mass is 9.96. The first-order valence-electron chi connectivity index (χ1n) is 6.99. The number of rotatable bonds is 7. The minimum Gasteiger partial charge on any atom is -0.396 e. The van der Waals surface area contributed by atoms with E-state index in [2.05, 4.69) is 24.4 Å². The molecule has 1 amide bonds. The van der Waals surface area contributed by atoms with Crippen LogP contribution >= 0.6 is 0 Å². The molecule has 3 unspecified atom stereocenters. The summed E-state index contributed by atoms with van der Waals surface area (Å²) in [5, 5.41) is 12.0. The van der Waals surface area contributed by atoms with E-state index < -0.39 is 0 Å². The number of hydrogen-bond donors (Lipinski definition) is 2. The molecule has 0 spiro atoms. The van der Waals surface area contributed by atoms with Crippen molar-refractivity contribution in [2.24, 2.45) is 5.92 Å². The normalized spacial score (nSPS) is 15.6. The molecular weight excluding hydrogens is 238 g/mol. The number of benzene rings is 1. The standard InChI is InChI=1S/C16H25NO2/c1-12(15-7-5-4-6-8-15)9-10-16(19)17-14(3)13(2)11-18/h4-8,12-14,18H,9-11H2,1-3H3,(H,17,19). The van der Waals surface area contributed by atoms with Gasteiger partial charge in [-0.3, -0.25) is 4.79 Å². The van der Waals surface area contributed by atoms with E-state index in [0.29, 0.717) is 12.3 Å². The molecule has 0 aliphatic rings. The molecule has 0 heterocycles. The van der Waals surface area contributed by atoms with Crippen molar-refractivity contribution < 1.29 is 9.90 Å². The van der Waals surface area contributed by atoms with Crippen LogP contribution in [0.2, 0.25) is 0 Å². The molecule has 0 fully saturated rings. The van der Waals surface area contributed by atoms with E-state index in [-0.39, 0.29) is 24.5 Å². The first kappa shape index (κ1) is 15.7. The maximum absolute atomic E-state index is 11.8. The summed E-state index contributed by atoms with van der Waals surface area (Å²) < 4.78 is 0. The predicted molar refractivity (Wildman–Crippen MR) is 77.9 cm³/mol. The SMILES string of the molecule is CC(CCC(=O)NC(C)C(C)CO)c1ccccc1. The lowest BCUT2D eigenvalue weighted by molar-refractivity contribution is -0.122. The van der Waals surface area contributed by atoms with Crippen molar-refractivity contribution in [1.29, 1.82) is 0 Å². The van der Waals surface area contributed by atoms with E-state index >= 15 is 0 Å². The van der Waals surface area contributed by atoms with Crippen LogP contribution < -0.4 is 5.32 Å². The number of carbonyl (C=O) groups excluding carboxylic acids is 1. The monoisotopic (exact) mass is 263 g/mol. The van der Waals surface area contributed by atoms with Gasteiger partial charge in [0.1, 0.15) is 0 Å². The van der Waals surface area contributed by atoms with Gasteiger partial charge in [0.25, 0.3) is 0 Å². The Bertz CT molecular complexity index is 378. The van der Waals surface area contributed by atoms with Crippen LogP contribution in [0, 0.1) is 5.92 Å². The molecule has 1 aromatic carbocycles. The third kappa shape index (κ3) is 5.43. The third-order valence-corrected chi connectivity index (χ3v) is 3.70. The fraction of sp³-hybridized carbons (Fsp3) is 0.562. The molecule has 0 aromatic heterocycles. The summed E-state index contributed by atoms with van der Waals surface area (Å²) in [5.74, 6) is 0.545. The van der Waals surface area contributed by atoms with Gasteiger partial charge < -0.3 is 10.4 Å². The van der Waals surface area contributed by atoms with E-state index in [0.717, 1.165) is 6.42 Å². The molecule has 1 aromatic rings. The van der Waals surface area contributed by atoms with Crippen LogP contribution in [-0.4, -0.2) is 23.7 Å². The van der Waals surface area contributed by atoms with Crippen LogP contribution in [0.25, 0.3) is 0 Å². The molecule has 0 saturated heterocycles. The van der Waals surface area contributed by atoms with Gasteiger partial charge in [-0.15, -0.1) is 0 Å². The van der Waals surface area contributed by atoms with Gasteiger partial charge in [-0.25, -0.2) is 0 Å². The van der Waals surface area contributed by atoms with Gasteiger partial charge in [0.15, 0.2) is 0 Å². The molecule has 3 nitrogen and oxygen atoms in total. The number of nitrogens with one attached hydrogen (secondary N) is 1. The molecule has 0 saturated carbocycles. The van der Waals surface area contributed by atoms with Gasteiger partial charge in [-0.1, -0.05) is 44.2 Å². The van der Waals surface area contributed by atoms with Gasteiger partial charge in [0.05, 0.1) is 0 Å². The van der Waals surface area contributed by atoms with Crippen molar-refractivity contribution in [3.8, 4) is 0 Å². The molecule has 106 valence electrons. The first-order valence-corrected chi connectivity index (χ1v) is 6.99.